The number of nitrogens with zero attached hydrogens (tertiary/aromatic N) is 1. The standard InChI is InChI=1S/C44H42N2O14S2/c1-26(47)59-35(29-5-3-7-33(21-29)55-2)23-56-31-15-11-28(12-16-31)20-38-42(52)46(44(54)62-38)25-58-34-8-4-6-30(22-34)36(60-40(50)18-17-39(48)49)24-57-32-13-9-27(10-14-32)19-37-41(51)45-43(53)61-37/h3-16,21-22,35-38H,17-20,23-25H2,1-2H3,(H,48,49)(H,45,51,53)/t35-,36+,37?,38?/m1/s1. The van der Waals surface area contributed by atoms with Crippen LogP contribution in [0.15, 0.2) is 97.1 Å². The fourth-order valence-corrected chi connectivity index (χ4v) is 8.17. The number of benzene rings is 4. The third-order valence-electron chi connectivity index (χ3n) is 9.44. The number of thioether (sulfide) groups is 2. The highest BCUT2D eigenvalue weighted by Gasteiger charge is 2.40. The molecule has 324 valence electrons. The molecule has 0 aliphatic carbocycles. The van der Waals surface area contributed by atoms with E-state index in [9.17, 15) is 33.6 Å². The van der Waals surface area contributed by atoms with Gasteiger partial charge in [0.05, 0.1) is 30.5 Å². The molecule has 0 aromatic heterocycles. The molecule has 2 N–H and O–H groups in total. The van der Waals surface area contributed by atoms with Gasteiger partial charge in [0.15, 0.2) is 18.9 Å². The number of hydrogen-bond acceptors (Lipinski definition) is 15. The highest BCUT2D eigenvalue weighted by atomic mass is 32.2. The number of esters is 2. The average Bonchev–Trinajstić information content (AvgIpc) is 3.72. The lowest BCUT2D eigenvalue weighted by Crippen LogP contribution is -2.35. The van der Waals surface area contributed by atoms with Crippen LogP contribution in [0.3, 0.4) is 0 Å². The monoisotopic (exact) mass is 886 g/mol. The summed E-state index contributed by atoms with van der Waals surface area (Å²) >= 11 is 1.82. The first kappa shape index (κ1) is 45.0. The number of hydrogen-bond donors (Lipinski definition) is 2. The average molecular weight is 887 g/mol. The Kier molecular flexibility index (Phi) is 15.5. The van der Waals surface area contributed by atoms with Gasteiger partial charge in [-0.1, -0.05) is 72.1 Å². The second kappa shape index (κ2) is 21.3. The van der Waals surface area contributed by atoms with Gasteiger partial charge in [-0.3, -0.25) is 38.9 Å². The Labute approximate surface area is 364 Å². The van der Waals surface area contributed by atoms with Crippen LogP contribution in [-0.4, -0.2) is 87.8 Å². The highest BCUT2D eigenvalue weighted by Crippen LogP contribution is 2.32. The quantitative estimate of drug-likeness (QED) is 0.0862. The molecule has 2 aliphatic rings. The minimum Gasteiger partial charge on any atom is -0.497 e. The van der Waals surface area contributed by atoms with Crippen molar-refractivity contribution in [2.45, 2.75) is 55.3 Å². The molecule has 0 saturated carbocycles. The summed E-state index contributed by atoms with van der Waals surface area (Å²) < 4.78 is 34.2. The van der Waals surface area contributed by atoms with Gasteiger partial charge in [0.1, 0.15) is 36.2 Å². The number of ether oxygens (including phenoxy) is 6. The summed E-state index contributed by atoms with van der Waals surface area (Å²) in [6.07, 6.45) is -1.87. The molecule has 2 heterocycles. The number of methoxy groups -OCH3 is 1. The number of rotatable bonds is 21. The van der Waals surface area contributed by atoms with E-state index >= 15 is 0 Å². The van der Waals surface area contributed by atoms with Crippen LogP contribution in [0, 0.1) is 0 Å². The van der Waals surface area contributed by atoms with Crippen molar-refractivity contribution in [2.75, 3.05) is 27.1 Å². The van der Waals surface area contributed by atoms with E-state index in [0.717, 1.165) is 39.6 Å². The predicted molar refractivity (Wildman–Crippen MR) is 225 cm³/mol. The Morgan fingerprint density at radius 3 is 1.81 bits per heavy atom. The van der Waals surface area contributed by atoms with Gasteiger partial charge in [-0.25, -0.2) is 4.90 Å². The van der Waals surface area contributed by atoms with Crippen molar-refractivity contribution in [1.29, 1.82) is 0 Å². The zero-order valence-electron chi connectivity index (χ0n) is 33.5. The van der Waals surface area contributed by atoms with Gasteiger partial charge in [-0.05, 0) is 83.6 Å². The first-order valence-corrected chi connectivity index (χ1v) is 21.0. The lowest BCUT2D eigenvalue weighted by molar-refractivity contribution is -0.153. The maximum atomic E-state index is 13.4. The van der Waals surface area contributed by atoms with Gasteiger partial charge in [-0.2, -0.15) is 0 Å². The Morgan fingerprint density at radius 1 is 0.694 bits per heavy atom. The first-order valence-electron chi connectivity index (χ1n) is 19.3. The van der Waals surface area contributed by atoms with Crippen molar-refractivity contribution in [3.63, 3.8) is 0 Å². The molecule has 2 fully saturated rings. The smallest absolute Gasteiger partial charge is 0.307 e. The SMILES string of the molecule is COc1cccc([C@@H](COc2ccc(CC3SC(=O)N(COc4cccc([C@H](COc5ccc(CC6SC(=O)NC6=O)cc5)OC(=O)CCC(=O)O)c4)C3=O)cc2)OC(C)=O)c1. The number of amides is 4. The molecule has 4 amide bonds. The zero-order valence-corrected chi connectivity index (χ0v) is 35.1. The van der Waals surface area contributed by atoms with E-state index in [4.69, 9.17) is 33.5 Å². The van der Waals surface area contributed by atoms with E-state index in [-0.39, 0.29) is 49.7 Å². The molecule has 2 aliphatic heterocycles. The van der Waals surface area contributed by atoms with Crippen molar-refractivity contribution in [1.82, 2.24) is 10.2 Å². The van der Waals surface area contributed by atoms with Crippen LogP contribution in [0.4, 0.5) is 9.59 Å². The summed E-state index contributed by atoms with van der Waals surface area (Å²) in [6, 6.07) is 27.5. The van der Waals surface area contributed by atoms with E-state index in [2.05, 4.69) is 5.32 Å². The van der Waals surface area contributed by atoms with Crippen LogP contribution in [-0.2, 0) is 46.3 Å². The van der Waals surface area contributed by atoms with Crippen molar-refractivity contribution in [3.8, 4) is 23.0 Å². The summed E-state index contributed by atoms with van der Waals surface area (Å²) in [5.74, 6) is -1.35. The third-order valence-corrected chi connectivity index (χ3v) is 11.5. The minimum atomic E-state index is -1.16. The molecular formula is C44H42N2O14S2. The predicted octanol–water partition coefficient (Wildman–Crippen LogP) is 6.44. The zero-order chi connectivity index (χ0) is 44.2. The maximum absolute atomic E-state index is 13.4. The van der Waals surface area contributed by atoms with Gasteiger partial charge in [0.25, 0.3) is 10.5 Å². The number of carbonyl (C=O) groups excluding carboxylic acids is 6. The van der Waals surface area contributed by atoms with Crippen molar-refractivity contribution < 1.29 is 67.1 Å². The normalized spacial score (nSPS) is 16.9. The third kappa shape index (κ3) is 12.7. The molecule has 4 aromatic rings. The molecule has 2 unspecified atom stereocenters. The molecule has 0 spiro atoms. The molecule has 0 bridgehead atoms. The second-order valence-corrected chi connectivity index (χ2v) is 16.3. The van der Waals surface area contributed by atoms with Gasteiger partial charge in [0, 0.05) is 6.92 Å². The van der Waals surface area contributed by atoms with Crippen molar-refractivity contribution >= 4 is 63.7 Å². The number of carboxylic acid groups (broad SMARTS) is 1. The van der Waals surface area contributed by atoms with Crippen LogP contribution in [0.1, 0.15) is 54.2 Å². The molecule has 4 atom stereocenters. The Balaban J connectivity index is 1.03. The highest BCUT2D eigenvalue weighted by molar-refractivity contribution is 8.15. The van der Waals surface area contributed by atoms with Gasteiger partial charge in [0.2, 0.25) is 11.8 Å². The Hall–Kier alpha value is -6.53. The van der Waals surface area contributed by atoms with Crippen LogP contribution in [0.25, 0.3) is 0 Å². The summed E-state index contributed by atoms with van der Waals surface area (Å²) in [5.41, 5.74) is 2.74. The van der Waals surface area contributed by atoms with E-state index in [0.29, 0.717) is 34.8 Å². The molecule has 6 rings (SSSR count). The van der Waals surface area contributed by atoms with Crippen molar-refractivity contribution in [2.24, 2.45) is 0 Å². The van der Waals surface area contributed by atoms with Gasteiger partial charge >= 0.3 is 17.9 Å². The molecule has 18 heteroatoms. The summed E-state index contributed by atoms with van der Waals surface area (Å²) in [6.45, 7) is 0.826. The van der Waals surface area contributed by atoms with E-state index < -0.39 is 58.2 Å². The molecule has 62 heavy (non-hydrogen) atoms. The van der Waals surface area contributed by atoms with Crippen LogP contribution < -0.4 is 24.3 Å². The van der Waals surface area contributed by atoms with E-state index in [1.54, 1.807) is 98.1 Å². The number of nitrogens with one attached hydrogen (secondary N) is 1. The second-order valence-electron chi connectivity index (χ2n) is 13.9. The number of carboxylic acids is 1. The lowest BCUT2D eigenvalue weighted by atomic mass is 10.1. The Bertz CT molecular complexity index is 2290. The van der Waals surface area contributed by atoms with Crippen LogP contribution in [0.2, 0.25) is 0 Å². The van der Waals surface area contributed by atoms with Crippen molar-refractivity contribution in [3.05, 3.63) is 119 Å². The topological polar surface area (TPSA) is 210 Å². The van der Waals surface area contributed by atoms with Crippen LogP contribution >= 0.6 is 23.5 Å². The maximum Gasteiger partial charge on any atom is 0.307 e. The van der Waals surface area contributed by atoms with E-state index in [1.165, 1.54) is 6.92 Å². The number of aliphatic carboxylic acids is 1. The fraction of sp³-hybridized carbons (Fsp3) is 0.295. The number of imide groups is 2. The minimum absolute atomic E-state index is 0.0477. The molecular weight excluding hydrogens is 845 g/mol. The summed E-state index contributed by atoms with van der Waals surface area (Å²) in [4.78, 5) is 86.4. The molecule has 16 nitrogen and oxygen atoms in total. The Morgan fingerprint density at radius 2 is 1.26 bits per heavy atom. The lowest BCUT2D eigenvalue weighted by Gasteiger charge is -2.20. The van der Waals surface area contributed by atoms with Gasteiger partial charge < -0.3 is 33.5 Å². The summed E-state index contributed by atoms with van der Waals surface area (Å²) in [7, 11) is 1.54. The first-order chi connectivity index (χ1) is 29.8. The molecule has 2 saturated heterocycles. The largest absolute Gasteiger partial charge is 0.497 e. The van der Waals surface area contributed by atoms with E-state index in [1.807, 2.05) is 6.07 Å². The van der Waals surface area contributed by atoms with Crippen LogP contribution in [0.5, 0.6) is 23.0 Å². The summed E-state index contributed by atoms with van der Waals surface area (Å²) in [5, 5.41) is 9.23. The molecule has 0 radical (unpaired) electrons. The number of carbonyl (C=O) groups is 7. The molecule has 4 aromatic carbocycles. The van der Waals surface area contributed by atoms with Gasteiger partial charge in [-0.15, -0.1) is 0 Å². The fourth-order valence-electron chi connectivity index (χ4n) is 6.30.